The Morgan fingerprint density at radius 3 is 2.91 bits per heavy atom. The molecule has 116 valence electrons. The summed E-state index contributed by atoms with van der Waals surface area (Å²) in [4.78, 5) is 15.3. The van der Waals surface area contributed by atoms with E-state index in [0.717, 1.165) is 19.4 Å². The van der Waals surface area contributed by atoms with E-state index in [0.29, 0.717) is 0 Å². The van der Waals surface area contributed by atoms with Crippen molar-refractivity contribution in [1.82, 2.24) is 4.90 Å². The SMILES string of the molecule is Cc1ccc(C2CCCN2Cc2c(F)cccc2[N+](=O)[O-])s1. The molecule has 1 unspecified atom stereocenters. The van der Waals surface area contributed by atoms with Crippen molar-refractivity contribution in [3.05, 3.63) is 61.6 Å². The summed E-state index contributed by atoms with van der Waals surface area (Å²) in [5, 5.41) is 11.1. The van der Waals surface area contributed by atoms with Crippen LogP contribution in [0, 0.1) is 22.9 Å². The molecule has 0 saturated carbocycles. The molecule has 6 heteroatoms. The Kier molecular flexibility index (Phi) is 4.22. The van der Waals surface area contributed by atoms with E-state index in [4.69, 9.17) is 0 Å². The number of aryl methyl sites for hydroxylation is 1. The molecule has 1 aromatic carbocycles. The van der Waals surface area contributed by atoms with Crippen molar-refractivity contribution in [1.29, 1.82) is 0 Å². The van der Waals surface area contributed by atoms with E-state index in [1.165, 1.54) is 28.0 Å². The standard InChI is InChI=1S/C16H17FN2O2S/c1-11-7-8-16(22-11)15-6-3-9-18(15)10-12-13(17)4-2-5-14(12)19(20)21/h2,4-5,7-8,15H,3,6,9-10H2,1H3. The third kappa shape index (κ3) is 2.89. The van der Waals surface area contributed by atoms with Gasteiger partial charge in [-0.1, -0.05) is 6.07 Å². The van der Waals surface area contributed by atoms with E-state index in [9.17, 15) is 14.5 Å². The summed E-state index contributed by atoms with van der Waals surface area (Å²) in [6.07, 6.45) is 2.05. The van der Waals surface area contributed by atoms with Crippen LogP contribution >= 0.6 is 11.3 Å². The lowest BCUT2D eigenvalue weighted by Crippen LogP contribution is -2.23. The molecular formula is C16H17FN2O2S. The molecular weight excluding hydrogens is 303 g/mol. The summed E-state index contributed by atoms with van der Waals surface area (Å²) >= 11 is 1.74. The number of nitro groups is 1. The summed E-state index contributed by atoms with van der Waals surface area (Å²) in [6.45, 7) is 3.19. The molecule has 2 heterocycles. The predicted molar refractivity (Wildman–Crippen MR) is 84.5 cm³/mol. The zero-order valence-corrected chi connectivity index (χ0v) is 13.1. The van der Waals surface area contributed by atoms with Crippen LogP contribution in [0.1, 0.15) is 34.2 Å². The van der Waals surface area contributed by atoms with E-state index in [1.54, 1.807) is 11.3 Å². The number of hydrogen-bond acceptors (Lipinski definition) is 4. The molecule has 1 aliphatic heterocycles. The maximum Gasteiger partial charge on any atom is 0.276 e. The van der Waals surface area contributed by atoms with Crippen molar-refractivity contribution >= 4 is 17.0 Å². The average molecular weight is 320 g/mol. The van der Waals surface area contributed by atoms with Crippen LogP contribution in [-0.2, 0) is 6.54 Å². The van der Waals surface area contributed by atoms with Crippen molar-refractivity contribution in [3.63, 3.8) is 0 Å². The zero-order valence-electron chi connectivity index (χ0n) is 12.3. The molecule has 0 N–H and O–H groups in total. The van der Waals surface area contributed by atoms with Gasteiger partial charge < -0.3 is 0 Å². The summed E-state index contributed by atoms with van der Waals surface area (Å²) in [6, 6.07) is 8.49. The van der Waals surface area contributed by atoms with Crippen LogP contribution in [0.5, 0.6) is 0 Å². The fraction of sp³-hybridized carbons (Fsp3) is 0.375. The van der Waals surface area contributed by atoms with Crippen molar-refractivity contribution in [2.24, 2.45) is 0 Å². The van der Waals surface area contributed by atoms with Crippen LogP contribution in [0.2, 0.25) is 0 Å². The molecule has 0 aliphatic carbocycles. The van der Waals surface area contributed by atoms with Gasteiger partial charge in [-0.2, -0.15) is 0 Å². The molecule has 2 aromatic rings. The fourth-order valence-corrected chi connectivity index (χ4v) is 4.09. The molecule has 1 aliphatic rings. The molecule has 1 fully saturated rings. The Labute approximate surface area is 132 Å². The lowest BCUT2D eigenvalue weighted by Gasteiger charge is -2.23. The van der Waals surface area contributed by atoms with Crippen molar-refractivity contribution in [2.75, 3.05) is 6.54 Å². The Bertz CT molecular complexity index is 701. The molecule has 1 saturated heterocycles. The highest BCUT2D eigenvalue weighted by molar-refractivity contribution is 7.12. The van der Waals surface area contributed by atoms with Gasteiger partial charge in [0.15, 0.2) is 0 Å². The minimum absolute atomic E-state index is 0.131. The van der Waals surface area contributed by atoms with Gasteiger partial charge in [0.1, 0.15) is 5.82 Å². The summed E-state index contributed by atoms with van der Waals surface area (Å²) in [5.74, 6) is -0.498. The minimum Gasteiger partial charge on any atom is -0.291 e. The van der Waals surface area contributed by atoms with Crippen LogP contribution in [0.25, 0.3) is 0 Å². The molecule has 4 nitrogen and oxygen atoms in total. The minimum atomic E-state index is -0.501. The molecule has 1 atom stereocenters. The van der Waals surface area contributed by atoms with Crippen LogP contribution in [0.3, 0.4) is 0 Å². The molecule has 22 heavy (non-hydrogen) atoms. The van der Waals surface area contributed by atoms with Crippen molar-refractivity contribution in [2.45, 2.75) is 32.4 Å². The first-order valence-electron chi connectivity index (χ1n) is 7.28. The second-order valence-corrected chi connectivity index (χ2v) is 6.89. The van der Waals surface area contributed by atoms with Crippen LogP contribution in [0.15, 0.2) is 30.3 Å². The predicted octanol–water partition coefficient (Wildman–Crippen LogP) is 4.44. The molecule has 0 amide bonds. The smallest absolute Gasteiger partial charge is 0.276 e. The summed E-state index contributed by atoms with van der Waals surface area (Å²) in [5.41, 5.74) is 0.0562. The lowest BCUT2D eigenvalue weighted by molar-refractivity contribution is -0.386. The number of nitro benzene ring substituents is 1. The Hall–Kier alpha value is -1.79. The number of benzene rings is 1. The number of nitrogens with zero attached hydrogens (tertiary/aromatic N) is 2. The van der Waals surface area contributed by atoms with Gasteiger partial charge in [-0.15, -0.1) is 11.3 Å². The topological polar surface area (TPSA) is 46.4 Å². The Morgan fingerprint density at radius 1 is 1.41 bits per heavy atom. The quantitative estimate of drug-likeness (QED) is 0.618. The van der Waals surface area contributed by atoms with Gasteiger partial charge in [-0.3, -0.25) is 15.0 Å². The van der Waals surface area contributed by atoms with Crippen LogP contribution in [0.4, 0.5) is 10.1 Å². The van der Waals surface area contributed by atoms with E-state index >= 15 is 0 Å². The first-order valence-corrected chi connectivity index (χ1v) is 8.10. The van der Waals surface area contributed by atoms with Crippen LogP contribution in [-0.4, -0.2) is 16.4 Å². The molecule has 0 spiro atoms. The van der Waals surface area contributed by atoms with Gasteiger partial charge in [-0.25, -0.2) is 4.39 Å². The second kappa shape index (κ2) is 6.14. The molecule has 1 aromatic heterocycles. The van der Waals surface area contributed by atoms with Crippen LogP contribution < -0.4 is 0 Å². The second-order valence-electron chi connectivity index (χ2n) is 5.57. The largest absolute Gasteiger partial charge is 0.291 e. The highest BCUT2D eigenvalue weighted by Crippen LogP contribution is 2.37. The van der Waals surface area contributed by atoms with Crippen molar-refractivity contribution < 1.29 is 9.31 Å². The first kappa shape index (κ1) is 15.1. The normalized spacial score (nSPS) is 18.7. The maximum absolute atomic E-state index is 14.1. The van der Waals surface area contributed by atoms with Crippen molar-refractivity contribution in [3.8, 4) is 0 Å². The third-order valence-corrected chi connectivity index (χ3v) is 5.21. The van der Waals surface area contributed by atoms with Gasteiger partial charge in [-0.05, 0) is 44.5 Å². The number of halogens is 1. The van der Waals surface area contributed by atoms with Gasteiger partial charge >= 0.3 is 0 Å². The number of likely N-dealkylation sites (tertiary alicyclic amines) is 1. The Balaban J connectivity index is 1.88. The molecule has 3 rings (SSSR count). The molecule has 0 radical (unpaired) electrons. The van der Waals surface area contributed by atoms with E-state index in [-0.39, 0.29) is 23.8 Å². The first-order chi connectivity index (χ1) is 10.6. The highest BCUT2D eigenvalue weighted by atomic mass is 32.1. The van der Waals surface area contributed by atoms with Gasteiger partial charge in [0.25, 0.3) is 5.69 Å². The lowest BCUT2D eigenvalue weighted by atomic mass is 10.1. The van der Waals surface area contributed by atoms with E-state index in [1.807, 2.05) is 0 Å². The number of thiophene rings is 1. The Morgan fingerprint density at radius 2 is 2.23 bits per heavy atom. The average Bonchev–Trinajstić information content (AvgIpc) is 3.09. The zero-order chi connectivity index (χ0) is 15.7. The van der Waals surface area contributed by atoms with E-state index in [2.05, 4.69) is 24.0 Å². The fourth-order valence-electron chi connectivity index (χ4n) is 3.05. The maximum atomic E-state index is 14.1. The number of rotatable bonds is 4. The monoisotopic (exact) mass is 320 g/mol. The van der Waals surface area contributed by atoms with Gasteiger partial charge in [0, 0.05) is 28.4 Å². The van der Waals surface area contributed by atoms with Gasteiger partial charge in [0.05, 0.1) is 10.5 Å². The molecule has 0 bridgehead atoms. The summed E-state index contributed by atoms with van der Waals surface area (Å²) in [7, 11) is 0. The van der Waals surface area contributed by atoms with E-state index < -0.39 is 10.7 Å². The highest BCUT2D eigenvalue weighted by Gasteiger charge is 2.30. The summed E-state index contributed by atoms with van der Waals surface area (Å²) < 4.78 is 14.1. The van der Waals surface area contributed by atoms with Gasteiger partial charge in [0.2, 0.25) is 0 Å². The number of hydrogen-bond donors (Lipinski definition) is 0. The third-order valence-electron chi connectivity index (χ3n) is 4.11.